The first-order valence-corrected chi connectivity index (χ1v) is 4.15. The molecule has 0 aliphatic carbocycles. The molecule has 2 nitrogen and oxygen atoms in total. The maximum atomic E-state index is 12.5. The van der Waals surface area contributed by atoms with E-state index in [2.05, 4.69) is 5.32 Å². The van der Waals surface area contributed by atoms with Crippen LogP contribution in [0.4, 0.5) is 4.39 Å². The van der Waals surface area contributed by atoms with E-state index in [4.69, 9.17) is 5.73 Å². The average molecular weight is 180 g/mol. The topological polar surface area (TPSA) is 38.0 Å². The second kappa shape index (κ2) is 5.32. The van der Waals surface area contributed by atoms with Gasteiger partial charge in [-0.15, -0.1) is 0 Å². The Morgan fingerprint density at radius 2 is 2.00 bits per heavy atom. The molecule has 0 fully saturated rings. The summed E-state index contributed by atoms with van der Waals surface area (Å²) in [5.74, 6) is -0.203. The van der Waals surface area contributed by atoms with E-state index in [0.29, 0.717) is 0 Å². The van der Waals surface area contributed by atoms with Gasteiger partial charge in [-0.1, -0.05) is 18.2 Å². The van der Waals surface area contributed by atoms with Gasteiger partial charge in [-0.2, -0.15) is 0 Å². The summed E-state index contributed by atoms with van der Waals surface area (Å²) in [6, 6.07) is 6.43. The lowest BCUT2D eigenvalue weighted by atomic mass is 10.2. The van der Waals surface area contributed by atoms with Crippen molar-refractivity contribution in [1.29, 1.82) is 0 Å². The summed E-state index contributed by atoms with van der Waals surface area (Å²) in [7, 11) is 0. The number of nitrogens with one attached hydrogen (secondary N) is 1. The van der Waals surface area contributed by atoms with Crippen molar-refractivity contribution in [2.45, 2.75) is 6.54 Å². The Kier molecular flexibility index (Phi) is 3.99. The molecule has 0 spiro atoms. The maximum Gasteiger partial charge on any atom is 0.123 e. The van der Waals surface area contributed by atoms with E-state index in [1.807, 2.05) is 6.08 Å². The van der Waals surface area contributed by atoms with Crippen LogP contribution in [0.5, 0.6) is 0 Å². The monoisotopic (exact) mass is 180 g/mol. The summed E-state index contributed by atoms with van der Waals surface area (Å²) in [6.07, 6.45) is 3.32. The predicted octanol–water partition coefficient (Wildman–Crippen LogP) is 1.39. The first-order chi connectivity index (χ1) is 6.33. The van der Waals surface area contributed by atoms with E-state index in [-0.39, 0.29) is 5.82 Å². The van der Waals surface area contributed by atoms with E-state index < -0.39 is 0 Å². The van der Waals surface area contributed by atoms with Gasteiger partial charge in [0.2, 0.25) is 0 Å². The third kappa shape index (κ3) is 3.71. The lowest BCUT2D eigenvalue weighted by molar-refractivity contribution is 0.626. The van der Waals surface area contributed by atoms with Crippen LogP contribution in [0.3, 0.4) is 0 Å². The molecule has 0 atom stereocenters. The van der Waals surface area contributed by atoms with Crippen LogP contribution in [-0.4, -0.2) is 6.54 Å². The highest BCUT2D eigenvalue weighted by molar-refractivity contribution is 5.15. The van der Waals surface area contributed by atoms with Gasteiger partial charge in [-0.25, -0.2) is 4.39 Å². The number of hydrogen-bond acceptors (Lipinski definition) is 2. The molecule has 0 heterocycles. The van der Waals surface area contributed by atoms with Gasteiger partial charge in [-0.3, -0.25) is 0 Å². The van der Waals surface area contributed by atoms with Crippen molar-refractivity contribution in [3.8, 4) is 0 Å². The summed E-state index contributed by atoms with van der Waals surface area (Å²) in [5.41, 5.74) is 6.22. The molecular weight excluding hydrogens is 167 g/mol. The molecule has 1 aromatic rings. The van der Waals surface area contributed by atoms with Crippen molar-refractivity contribution in [3.05, 3.63) is 47.9 Å². The lowest BCUT2D eigenvalue weighted by Gasteiger charge is -2.01. The highest BCUT2D eigenvalue weighted by atomic mass is 19.1. The highest BCUT2D eigenvalue weighted by Crippen LogP contribution is 2.01. The zero-order valence-corrected chi connectivity index (χ0v) is 7.33. The molecule has 0 aromatic heterocycles. The molecule has 70 valence electrons. The molecule has 1 aromatic carbocycles. The highest BCUT2D eigenvalue weighted by Gasteiger charge is 1.91. The van der Waals surface area contributed by atoms with Crippen molar-refractivity contribution >= 4 is 0 Å². The standard InChI is InChI=1S/C10H13FN2/c11-10-4-2-9(3-5-10)8-13-7-1-6-12/h1-6,13H,7-8,12H2/b6-1+. The van der Waals surface area contributed by atoms with E-state index in [9.17, 15) is 4.39 Å². The third-order valence-corrected chi connectivity index (χ3v) is 1.64. The van der Waals surface area contributed by atoms with Gasteiger partial charge < -0.3 is 11.1 Å². The second-order valence-electron chi connectivity index (χ2n) is 2.69. The Morgan fingerprint density at radius 3 is 2.62 bits per heavy atom. The molecule has 3 N–H and O–H groups in total. The molecular formula is C10H13FN2. The van der Waals surface area contributed by atoms with Crippen LogP contribution in [0.25, 0.3) is 0 Å². The fourth-order valence-electron chi connectivity index (χ4n) is 0.970. The van der Waals surface area contributed by atoms with E-state index in [0.717, 1.165) is 18.7 Å². The Balaban J connectivity index is 2.33. The fourth-order valence-corrected chi connectivity index (χ4v) is 0.970. The van der Waals surface area contributed by atoms with Crippen LogP contribution in [0, 0.1) is 5.82 Å². The van der Waals surface area contributed by atoms with Gasteiger partial charge in [0.1, 0.15) is 5.82 Å². The maximum absolute atomic E-state index is 12.5. The normalized spacial score (nSPS) is 10.8. The minimum absolute atomic E-state index is 0.203. The van der Waals surface area contributed by atoms with Crippen molar-refractivity contribution in [3.63, 3.8) is 0 Å². The minimum Gasteiger partial charge on any atom is -0.405 e. The van der Waals surface area contributed by atoms with Gasteiger partial charge >= 0.3 is 0 Å². The van der Waals surface area contributed by atoms with Crippen molar-refractivity contribution in [2.75, 3.05) is 6.54 Å². The van der Waals surface area contributed by atoms with Gasteiger partial charge in [0.05, 0.1) is 0 Å². The third-order valence-electron chi connectivity index (χ3n) is 1.64. The summed E-state index contributed by atoms with van der Waals surface area (Å²) < 4.78 is 12.5. The summed E-state index contributed by atoms with van der Waals surface area (Å²) >= 11 is 0. The fraction of sp³-hybridized carbons (Fsp3) is 0.200. The van der Waals surface area contributed by atoms with Crippen molar-refractivity contribution < 1.29 is 4.39 Å². The Morgan fingerprint density at radius 1 is 1.31 bits per heavy atom. The quantitative estimate of drug-likeness (QED) is 0.687. The largest absolute Gasteiger partial charge is 0.405 e. The van der Waals surface area contributed by atoms with E-state index in [1.165, 1.54) is 18.3 Å². The molecule has 3 heteroatoms. The SMILES string of the molecule is N/C=C/CNCc1ccc(F)cc1. The number of hydrogen-bond donors (Lipinski definition) is 2. The Bertz CT molecular complexity index is 267. The number of benzene rings is 1. The molecule has 0 saturated heterocycles. The predicted molar refractivity (Wildman–Crippen MR) is 51.4 cm³/mol. The minimum atomic E-state index is -0.203. The lowest BCUT2D eigenvalue weighted by Crippen LogP contribution is -2.12. The molecule has 0 bridgehead atoms. The summed E-state index contributed by atoms with van der Waals surface area (Å²) in [5, 5.41) is 3.13. The van der Waals surface area contributed by atoms with Crippen LogP contribution < -0.4 is 11.1 Å². The van der Waals surface area contributed by atoms with Crippen LogP contribution in [-0.2, 0) is 6.54 Å². The molecule has 0 saturated carbocycles. The van der Waals surface area contributed by atoms with Crippen molar-refractivity contribution in [1.82, 2.24) is 5.32 Å². The first kappa shape index (κ1) is 9.74. The smallest absolute Gasteiger partial charge is 0.123 e. The van der Waals surface area contributed by atoms with Crippen LogP contribution in [0.15, 0.2) is 36.5 Å². The number of nitrogens with two attached hydrogens (primary N) is 1. The number of halogens is 1. The van der Waals surface area contributed by atoms with Gasteiger partial charge in [-0.05, 0) is 23.9 Å². The number of rotatable bonds is 4. The average Bonchev–Trinajstić information content (AvgIpc) is 2.15. The first-order valence-electron chi connectivity index (χ1n) is 4.15. The Hall–Kier alpha value is -1.35. The van der Waals surface area contributed by atoms with Gasteiger partial charge in [0.15, 0.2) is 0 Å². The molecule has 13 heavy (non-hydrogen) atoms. The second-order valence-corrected chi connectivity index (χ2v) is 2.69. The zero-order chi connectivity index (χ0) is 9.52. The summed E-state index contributed by atoms with van der Waals surface area (Å²) in [4.78, 5) is 0. The summed E-state index contributed by atoms with van der Waals surface area (Å²) in [6.45, 7) is 1.46. The zero-order valence-electron chi connectivity index (χ0n) is 7.33. The molecule has 1 rings (SSSR count). The van der Waals surface area contributed by atoms with Crippen LogP contribution >= 0.6 is 0 Å². The molecule has 0 unspecified atom stereocenters. The molecule has 0 radical (unpaired) electrons. The molecule has 0 aliphatic rings. The van der Waals surface area contributed by atoms with Crippen LogP contribution in [0.1, 0.15) is 5.56 Å². The molecule has 0 aliphatic heterocycles. The van der Waals surface area contributed by atoms with Crippen LogP contribution in [0.2, 0.25) is 0 Å². The Labute approximate surface area is 77.3 Å². The molecule has 0 amide bonds. The van der Waals surface area contributed by atoms with Gasteiger partial charge in [0.25, 0.3) is 0 Å². The van der Waals surface area contributed by atoms with Crippen molar-refractivity contribution in [2.24, 2.45) is 5.73 Å². The van der Waals surface area contributed by atoms with E-state index >= 15 is 0 Å². The van der Waals surface area contributed by atoms with Gasteiger partial charge in [0, 0.05) is 13.1 Å². The van der Waals surface area contributed by atoms with E-state index in [1.54, 1.807) is 12.1 Å².